The van der Waals surface area contributed by atoms with Crippen molar-refractivity contribution in [3.05, 3.63) is 242 Å². The van der Waals surface area contributed by atoms with Crippen molar-refractivity contribution in [1.82, 2.24) is 4.57 Å². The van der Waals surface area contributed by atoms with Gasteiger partial charge in [-0.25, -0.2) is 0 Å². The van der Waals surface area contributed by atoms with Gasteiger partial charge in [-0.05, 0) is 138 Å². The molecule has 6 heteroatoms. The van der Waals surface area contributed by atoms with Gasteiger partial charge in [0.1, 0.15) is 23.0 Å². The van der Waals surface area contributed by atoms with Crippen molar-refractivity contribution >= 4 is 85.1 Å². The Morgan fingerprint density at radius 1 is 0.359 bits per heavy atom. The largest absolute Gasteiger partial charge is 0.456 e. The number of ether oxygens (including phenoxy) is 2. The monoisotopic (exact) mass is 998 g/mol. The van der Waals surface area contributed by atoms with E-state index in [1.165, 1.54) is 88.2 Å². The molecule has 1 aromatic heterocycles. The number of aromatic nitrogens is 1. The predicted molar refractivity (Wildman–Crippen MR) is 328 cm³/mol. The van der Waals surface area contributed by atoms with Gasteiger partial charge in [0.2, 0.25) is 0 Å². The highest BCUT2D eigenvalue weighted by Crippen LogP contribution is 2.52. The first kappa shape index (κ1) is 45.0. The summed E-state index contributed by atoms with van der Waals surface area (Å²) in [4.78, 5) is 2.50. The van der Waals surface area contributed by atoms with Gasteiger partial charge < -0.3 is 18.9 Å². The highest BCUT2D eigenvalue weighted by Gasteiger charge is 2.51. The number of anilines is 3. The molecular weight excluding hydrogens is 946 g/mol. The SMILES string of the molecule is CC(C)c1ccc2c(c1)B1c3cc(-c4ccccc4)ccc3N(c3ccc(-c4ccccc4)cc3)c3c4c5c(c(c31)O2)-n1c2ccc(-c3ccccc3)cc2c2cc(-c3ccccc3)cc(c21)B5c1cc(C(C)C)ccc1O4. The van der Waals surface area contributed by atoms with E-state index in [0.717, 1.165) is 67.8 Å². The zero-order valence-corrected chi connectivity index (χ0v) is 44.0. The molecule has 0 amide bonds. The van der Waals surface area contributed by atoms with Crippen LogP contribution in [0.5, 0.6) is 23.0 Å². The number of hydrogen-bond acceptors (Lipinski definition) is 3. The van der Waals surface area contributed by atoms with Gasteiger partial charge in [0.05, 0.1) is 16.9 Å². The Morgan fingerprint density at radius 2 is 0.808 bits per heavy atom. The van der Waals surface area contributed by atoms with Gasteiger partial charge >= 0.3 is 0 Å². The van der Waals surface area contributed by atoms with Crippen LogP contribution in [0.1, 0.15) is 50.7 Å². The third-order valence-electron chi connectivity index (χ3n) is 17.2. The lowest BCUT2D eigenvalue weighted by Gasteiger charge is -2.45. The Hall–Kier alpha value is -9.25. The molecule has 5 heterocycles. The quantitative estimate of drug-likeness (QED) is 0.149. The smallest absolute Gasteiger partial charge is 0.256 e. The van der Waals surface area contributed by atoms with Crippen molar-refractivity contribution in [3.63, 3.8) is 0 Å². The van der Waals surface area contributed by atoms with Crippen molar-refractivity contribution in [2.45, 2.75) is 39.5 Å². The minimum atomic E-state index is -0.202. The fourth-order valence-electron chi connectivity index (χ4n) is 13.4. The molecule has 0 fully saturated rings. The van der Waals surface area contributed by atoms with E-state index in [9.17, 15) is 0 Å². The molecule has 0 saturated carbocycles. The Kier molecular flexibility index (Phi) is 9.88. The van der Waals surface area contributed by atoms with E-state index in [4.69, 9.17) is 9.47 Å². The molecule has 4 aliphatic heterocycles. The highest BCUT2D eigenvalue weighted by molar-refractivity contribution is 7.02. The lowest BCUT2D eigenvalue weighted by atomic mass is 9.31. The minimum Gasteiger partial charge on any atom is -0.456 e. The maximum absolute atomic E-state index is 7.82. The molecular formula is C72H52B2N2O2. The summed E-state index contributed by atoms with van der Waals surface area (Å²) in [5, 5.41) is 2.42. The van der Waals surface area contributed by atoms with Crippen LogP contribution in [-0.4, -0.2) is 18.0 Å². The Balaban J connectivity index is 1.08. The van der Waals surface area contributed by atoms with Crippen molar-refractivity contribution in [3.8, 4) is 73.2 Å². The van der Waals surface area contributed by atoms with Crippen LogP contribution in [0.4, 0.5) is 17.1 Å². The van der Waals surface area contributed by atoms with Crippen LogP contribution in [0.25, 0.3) is 72.0 Å². The zero-order valence-electron chi connectivity index (χ0n) is 44.0. The van der Waals surface area contributed by atoms with Crippen molar-refractivity contribution in [2.75, 3.05) is 4.90 Å². The molecule has 12 aromatic rings. The zero-order chi connectivity index (χ0) is 51.9. The van der Waals surface area contributed by atoms with Crippen molar-refractivity contribution in [2.24, 2.45) is 0 Å². The van der Waals surface area contributed by atoms with E-state index in [2.05, 4.69) is 268 Å². The summed E-state index contributed by atoms with van der Waals surface area (Å²) in [5.74, 6) is 4.14. The first-order chi connectivity index (χ1) is 38.3. The van der Waals surface area contributed by atoms with E-state index >= 15 is 0 Å². The van der Waals surface area contributed by atoms with Gasteiger partial charge in [-0.1, -0.05) is 210 Å². The molecule has 0 N–H and O–H groups in total. The van der Waals surface area contributed by atoms with Gasteiger partial charge in [0.15, 0.2) is 0 Å². The third kappa shape index (κ3) is 6.62. The second-order valence-electron chi connectivity index (χ2n) is 22.3. The van der Waals surface area contributed by atoms with Gasteiger partial charge in [0.25, 0.3) is 13.4 Å². The molecule has 4 aliphatic rings. The molecule has 11 aromatic carbocycles. The van der Waals surface area contributed by atoms with Crippen LogP contribution in [-0.2, 0) is 0 Å². The van der Waals surface area contributed by atoms with Gasteiger partial charge in [0, 0.05) is 38.6 Å². The van der Waals surface area contributed by atoms with Crippen LogP contribution in [0.2, 0.25) is 0 Å². The molecule has 78 heavy (non-hydrogen) atoms. The summed E-state index contributed by atoms with van der Waals surface area (Å²) < 4.78 is 18.2. The van der Waals surface area contributed by atoms with Crippen molar-refractivity contribution in [1.29, 1.82) is 0 Å². The summed E-state index contributed by atoms with van der Waals surface area (Å²) in [5.41, 5.74) is 25.6. The second-order valence-corrected chi connectivity index (χ2v) is 22.3. The normalized spacial score (nSPS) is 13.2. The van der Waals surface area contributed by atoms with E-state index in [1.54, 1.807) is 0 Å². The Morgan fingerprint density at radius 3 is 1.38 bits per heavy atom. The summed E-state index contributed by atoms with van der Waals surface area (Å²) >= 11 is 0. The number of hydrogen-bond donors (Lipinski definition) is 0. The number of rotatable bonds is 7. The molecule has 0 saturated heterocycles. The number of fused-ring (bicyclic) bond motifs is 13. The predicted octanol–water partition coefficient (Wildman–Crippen LogP) is 15.0. The maximum Gasteiger partial charge on any atom is 0.256 e. The molecule has 0 unspecified atom stereocenters. The topological polar surface area (TPSA) is 26.6 Å². The first-order valence-corrected chi connectivity index (χ1v) is 27.6. The second kappa shape index (κ2) is 17.1. The molecule has 4 nitrogen and oxygen atoms in total. The van der Waals surface area contributed by atoms with E-state index < -0.39 is 0 Å². The third-order valence-corrected chi connectivity index (χ3v) is 17.2. The van der Waals surface area contributed by atoms with E-state index in [0.29, 0.717) is 11.8 Å². The fraction of sp³-hybridized carbons (Fsp3) is 0.0833. The first-order valence-electron chi connectivity index (χ1n) is 27.6. The van der Waals surface area contributed by atoms with Crippen LogP contribution in [0.3, 0.4) is 0 Å². The number of nitrogens with zero attached hydrogens (tertiary/aromatic N) is 2. The van der Waals surface area contributed by atoms with Crippen LogP contribution in [0, 0.1) is 0 Å². The van der Waals surface area contributed by atoms with Crippen molar-refractivity contribution < 1.29 is 9.47 Å². The number of benzene rings is 11. The molecule has 0 atom stereocenters. The van der Waals surface area contributed by atoms with Crippen LogP contribution >= 0.6 is 0 Å². The molecule has 368 valence electrons. The van der Waals surface area contributed by atoms with Gasteiger partial charge in [-0.2, -0.15) is 0 Å². The molecule has 0 spiro atoms. The lowest BCUT2D eigenvalue weighted by Crippen LogP contribution is -2.63. The van der Waals surface area contributed by atoms with Gasteiger partial charge in [-0.15, -0.1) is 0 Å². The summed E-state index contributed by atoms with van der Waals surface area (Å²) in [7, 11) is 0. The van der Waals surface area contributed by atoms with E-state index in [1.807, 2.05) is 0 Å². The Bertz CT molecular complexity index is 4440. The molecule has 0 bridgehead atoms. The lowest BCUT2D eigenvalue weighted by molar-refractivity contribution is 0.474. The van der Waals surface area contributed by atoms with Gasteiger partial charge in [-0.3, -0.25) is 0 Å². The standard InChI is InChI=1S/C72H52B2N2O2/c1-43(2)50-29-35-64-59(39-50)73-58-41-53(47-21-13-7-14-22-47)28-34-63(58)75(55-31-25-49(26-32-55)45-17-9-5-10-18-45)69-66(73)72(78-64)70-67-71(69)77-65-36-30-51(44(3)4)40-60(65)74(67)61-42-54(48-23-15-8-16-24-48)38-57-56-37-52(46-19-11-6-12-20-46)27-33-62(56)76(70)68(57)61/h5-44H,1-4H3. The summed E-state index contributed by atoms with van der Waals surface area (Å²) in [6.07, 6.45) is 0. The highest BCUT2D eigenvalue weighted by atomic mass is 16.5. The average Bonchev–Trinajstić information content (AvgIpc) is 3.92. The average molecular weight is 999 g/mol. The summed E-state index contributed by atoms with van der Waals surface area (Å²) in [6.45, 7) is 8.76. The van der Waals surface area contributed by atoms with Crippen LogP contribution < -0.4 is 47.2 Å². The molecule has 16 rings (SSSR count). The van der Waals surface area contributed by atoms with E-state index in [-0.39, 0.29) is 13.4 Å². The Labute approximate surface area is 456 Å². The maximum atomic E-state index is 7.82. The molecule has 0 aliphatic carbocycles. The summed E-state index contributed by atoms with van der Waals surface area (Å²) in [6, 6.07) is 85.3. The molecule has 0 radical (unpaired) electrons. The van der Waals surface area contributed by atoms with Crippen LogP contribution in [0.15, 0.2) is 231 Å². The fourth-order valence-corrected chi connectivity index (χ4v) is 13.4. The minimum absolute atomic E-state index is 0.201.